The Balaban J connectivity index is 1.88. The van der Waals surface area contributed by atoms with E-state index in [1.807, 2.05) is 0 Å². The molecule has 0 aliphatic heterocycles. The van der Waals surface area contributed by atoms with E-state index >= 15 is 0 Å². The van der Waals surface area contributed by atoms with Crippen LogP contribution in [0.4, 0.5) is 0 Å². The average molecular weight is 276 g/mol. The number of aliphatic hydroxyl groups excluding tert-OH is 1. The van der Waals surface area contributed by atoms with Gasteiger partial charge < -0.3 is 5.11 Å². The van der Waals surface area contributed by atoms with Gasteiger partial charge in [0.15, 0.2) is 0 Å². The largest absolute Gasteiger partial charge is 0.396 e. The maximum Gasteiger partial charge on any atom is 0.0459 e. The Morgan fingerprint density at radius 3 is 2.45 bits per heavy atom. The van der Waals surface area contributed by atoms with Gasteiger partial charge in [-0.1, -0.05) is 34.6 Å². The lowest BCUT2D eigenvalue weighted by Gasteiger charge is -2.57. The maximum atomic E-state index is 9.78. The minimum atomic E-state index is 0.389. The van der Waals surface area contributed by atoms with E-state index in [-0.39, 0.29) is 0 Å². The van der Waals surface area contributed by atoms with Crippen LogP contribution in [0.5, 0.6) is 0 Å². The summed E-state index contributed by atoms with van der Waals surface area (Å²) in [5.41, 5.74) is 2.16. The van der Waals surface area contributed by atoms with E-state index in [2.05, 4.69) is 34.6 Å². The third kappa shape index (κ3) is 1.06. The molecule has 114 valence electrons. The van der Waals surface area contributed by atoms with Gasteiger partial charge in [0, 0.05) is 6.61 Å². The topological polar surface area (TPSA) is 20.2 Å². The van der Waals surface area contributed by atoms with Gasteiger partial charge in [-0.25, -0.2) is 0 Å². The molecule has 1 heteroatoms. The van der Waals surface area contributed by atoms with E-state index in [9.17, 15) is 5.11 Å². The molecule has 3 unspecified atom stereocenters. The lowest BCUT2D eigenvalue weighted by molar-refractivity contribution is -0.0937. The van der Waals surface area contributed by atoms with Crippen molar-refractivity contribution >= 4 is 0 Å². The molecular formula is C19H32O. The summed E-state index contributed by atoms with van der Waals surface area (Å²) < 4.78 is 0. The minimum absolute atomic E-state index is 0.389. The van der Waals surface area contributed by atoms with Gasteiger partial charge in [0.1, 0.15) is 0 Å². The van der Waals surface area contributed by atoms with E-state index in [4.69, 9.17) is 0 Å². The first-order valence-corrected chi connectivity index (χ1v) is 8.87. The average Bonchev–Trinajstić information content (AvgIpc) is 2.76. The van der Waals surface area contributed by atoms with E-state index in [1.54, 1.807) is 0 Å². The molecule has 4 rings (SSSR count). The van der Waals surface area contributed by atoms with Gasteiger partial charge >= 0.3 is 0 Å². The van der Waals surface area contributed by atoms with Gasteiger partial charge in [0.25, 0.3) is 0 Å². The lowest BCUT2D eigenvalue weighted by Crippen LogP contribution is -2.51. The van der Waals surface area contributed by atoms with Crippen molar-refractivity contribution < 1.29 is 5.11 Å². The molecule has 0 radical (unpaired) electrons. The number of hydrogen-bond acceptors (Lipinski definition) is 1. The second kappa shape index (κ2) is 3.47. The van der Waals surface area contributed by atoms with Crippen LogP contribution in [0, 0.1) is 45.3 Å². The first-order chi connectivity index (χ1) is 9.26. The molecule has 0 aromatic carbocycles. The zero-order chi connectivity index (χ0) is 14.6. The van der Waals surface area contributed by atoms with Crippen LogP contribution in [-0.4, -0.2) is 11.7 Å². The van der Waals surface area contributed by atoms with Crippen molar-refractivity contribution in [3.63, 3.8) is 0 Å². The highest BCUT2D eigenvalue weighted by molar-refractivity contribution is 5.35. The SMILES string of the molecule is CC(CO)C1[C@@H]2CCC(C)(C)[C@@]34CC[C@@H](C3)C(C)(C)C124. The summed E-state index contributed by atoms with van der Waals surface area (Å²) in [6, 6.07) is 0. The van der Waals surface area contributed by atoms with Crippen LogP contribution in [0.3, 0.4) is 0 Å². The van der Waals surface area contributed by atoms with Crippen molar-refractivity contribution in [1.29, 1.82) is 0 Å². The fourth-order valence-electron chi connectivity index (χ4n) is 8.36. The van der Waals surface area contributed by atoms with Crippen molar-refractivity contribution in [1.82, 2.24) is 0 Å². The van der Waals surface area contributed by atoms with Crippen molar-refractivity contribution in [2.24, 2.45) is 45.3 Å². The smallest absolute Gasteiger partial charge is 0.0459 e. The highest BCUT2D eigenvalue weighted by Gasteiger charge is 2.88. The second-order valence-corrected chi connectivity index (χ2v) is 9.83. The molecule has 2 spiro atoms. The zero-order valence-corrected chi connectivity index (χ0v) is 14.0. The van der Waals surface area contributed by atoms with Gasteiger partial charge in [-0.05, 0) is 77.4 Å². The van der Waals surface area contributed by atoms with Crippen LogP contribution in [0.15, 0.2) is 0 Å². The zero-order valence-electron chi connectivity index (χ0n) is 14.0. The molecule has 2 bridgehead atoms. The molecule has 4 aliphatic carbocycles. The molecule has 0 heterocycles. The minimum Gasteiger partial charge on any atom is -0.396 e. The van der Waals surface area contributed by atoms with E-state index in [1.165, 1.54) is 32.1 Å². The van der Waals surface area contributed by atoms with Crippen LogP contribution in [0.1, 0.15) is 66.7 Å². The Hall–Kier alpha value is -0.0400. The number of fused-ring (bicyclic) bond motifs is 1. The first kappa shape index (κ1) is 13.6. The summed E-state index contributed by atoms with van der Waals surface area (Å²) in [5.74, 6) is 3.16. The van der Waals surface area contributed by atoms with Crippen LogP contribution in [0.25, 0.3) is 0 Å². The highest BCUT2D eigenvalue weighted by atomic mass is 16.3. The van der Waals surface area contributed by atoms with Crippen molar-refractivity contribution in [2.75, 3.05) is 6.61 Å². The van der Waals surface area contributed by atoms with Crippen molar-refractivity contribution in [2.45, 2.75) is 66.7 Å². The fourth-order valence-corrected chi connectivity index (χ4v) is 8.36. The van der Waals surface area contributed by atoms with Crippen LogP contribution in [-0.2, 0) is 0 Å². The predicted octanol–water partition coefficient (Wildman–Crippen LogP) is 4.49. The Bertz CT molecular complexity index is 451. The Kier molecular flexibility index (Phi) is 2.36. The molecule has 0 saturated heterocycles. The van der Waals surface area contributed by atoms with Gasteiger partial charge in [-0.3, -0.25) is 0 Å². The monoisotopic (exact) mass is 276 g/mol. The quantitative estimate of drug-likeness (QED) is 0.787. The van der Waals surface area contributed by atoms with Gasteiger partial charge in [0.05, 0.1) is 0 Å². The van der Waals surface area contributed by atoms with Crippen LogP contribution >= 0.6 is 0 Å². The molecule has 0 aromatic heterocycles. The standard InChI is InChI=1S/C19H32O/c1-12(11-20)15-14-7-8-16(2,3)18-9-6-13(10-18)17(4,5)19(14,15)18/h12-15,20H,6-11H2,1-5H3/t12?,13-,14-,15?,18+,19?/m0/s1. The summed E-state index contributed by atoms with van der Waals surface area (Å²) in [4.78, 5) is 0. The molecule has 0 aromatic rings. The van der Waals surface area contributed by atoms with E-state index in [0.717, 1.165) is 17.8 Å². The summed E-state index contributed by atoms with van der Waals surface area (Å²) >= 11 is 0. The molecule has 4 fully saturated rings. The fraction of sp³-hybridized carbons (Fsp3) is 1.00. The summed E-state index contributed by atoms with van der Waals surface area (Å²) in [6.45, 7) is 13.0. The maximum absolute atomic E-state index is 9.78. The number of hydrogen-bond donors (Lipinski definition) is 1. The Labute approximate surface area is 124 Å². The summed E-state index contributed by atoms with van der Waals surface area (Å²) in [7, 11) is 0. The molecule has 6 atom stereocenters. The summed E-state index contributed by atoms with van der Waals surface area (Å²) in [6.07, 6.45) is 7.25. The van der Waals surface area contributed by atoms with Crippen molar-refractivity contribution in [3.8, 4) is 0 Å². The number of aliphatic hydroxyl groups is 1. The van der Waals surface area contributed by atoms with Gasteiger partial charge in [-0.2, -0.15) is 0 Å². The van der Waals surface area contributed by atoms with Crippen molar-refractivity contribution in [3.05, 3.63) is 0 Å². The lowest BCUT2D eigenvalue weighted by atomic mass is 9.47. The first-order valence-electron chi connectivity index (χ1n) is 8.87. The second-order valence-electron chi connectivity index (χ2n) is 9.83. The van der Waals surface area contributed by atoms with E-state index in [0.29, 0.717) is 34.2 Å². The third-order valence-corrected chi connectivity index (χ3v) is 9.11. The third-order valence-electron chi connectivity index (χ3n) is 9.11. The molecule has 4 saturated carbocycles. The summed E-state index contributed by atoms with van der Waals surface area (Å²) in [5, 5.41) is 9.78. The molecular weight excluding hydrogens is 244 g/mol. The van der Waals surface area contributed by atoms with Gasteiger partial charge in [0.2, 0.25) is 0 Å². The van der Waals surface area contributed by atoms with E-state index < -0.39 is 0 Å². The van der Waals surface area contributed by atoms with Gasteiger partial charge in [-0.15, -0.1) is 0 Å². The normalized spacial score (nSPS) is 55.2. The number of rotatable bonds is 2. The Morgan fingerprint density at radius 2 is 1.80 bits per heavy atom. The highest BCUT2D eigenvalue weighted by Crippen LogP contribution is 2.93. The van der Waals surface area contributed by atoms with Crippen LogP contribution < -0.4 is 0 Å². The molecule has 0 amide bonds. The molecule has 1 N–H and O–H groups in total. The van der Waals surface area contributed by atoms with Crippen LogP contribution in [0.2, 0.25) is 0 Å². The Morgan fingerprint density at radius 1 is 1.10 bits per heavy atom. The molecule has 4 aliphatic rings. The molecule has 20 heavy (non-hydrogen) atoms. The molecule has 1 nitrogen and oxygen atoms in total. The predicted molar refractivity (Wildman–Crippen MR) is 82.2 cm³/mol.